The molecular weight excluding hydrogens is 166 g/mol. The summed E-state index contributed by atoms with van der Waals surface area (Å²) in [5, 5.41) is 2.80. The maximum Gasteiger partial charge on any atom is 0.220 e. The van der Waals surface area contributed by atoms with Crippen LogP contribution < -0.4 is 16.8 Å². The Hall–Kier alpha value is -0.610. The van der Waals surface area contributed by atoms with Gasteiger partial charge < -0.3 is 16.8 Å². The van der Waals surface area contributed by atoms with Gasteiger partial charge in [0.05, 0.1) is 0 Å². The van der Waals surface area contributed by atoms with Gasteiger partial charge in [-0.3, -0.25) is 4.79 Å². The number of rotatable bonds is 7. The normalized spacial score (nSPS) is 12.5. The Balaban J connectivity index is 3.30. The van der Waals surface area contributed by atoms with E-state index < -0.39 is 0 Å². The molecule has 0 aliphatic heterocycles. The molecule has 4 nitrogen and oxygen atoms in total. The zero-order valence-electron chi connectivity index (χ0n) is 8.38. The van der Waals surface area contributed by atoms with E-state index in [9.17, 15) is 4.79 Å². The molecule has 1 unspecified atom stereocenters. The lowest BCUT2D eigenvalue weighted by molar-refractivity contribution is -0.121. The van der Waals surface area contributed by atoms with Gasteiger partial charge in [0.2, 0.25) is 5.91 Å². The molecular formula is C9H21N3O. The molecule has 5 N–H and O–H groups in total. The van der Waals surface area contributed by atoms with Crippen molar-refractivity contribution >= 4 is 5.91 Å². The molecule has 78 valence electrons. The highest BCUT2D eigenvalue weighted by atomic mass is 16.1. The quantitative estimate of drug-likeness (QED) is 0.484. The molecule has 0 saturated heterocycles. The van der Waals surface area contributed by atoms with Crippen molar-refractivity contribution in [1.82, 2.24) is 5.32 Å². The van der Waals surface area contributed by atoms with Crippen LogP contribution in [0, 0.1) is 5.92 Å². The van der Waals surface area contributed by atoms with E-state index >= 15 is 0 Å². The summed E-state index contributed by atoms with van der Waals surface area (Å²) >= 11 is 0. The molecule has 0 bridgehead atoms. The van der Waals surface area contributed by atoms with E-state index in [4.69, 9.17) is 11.5 Å². The second kappa shape index (κ2) is 8.01. The smallest absolute Gasteiger partial charge is 0.220 e. The molecule has 0 spiro atoms. The van der Waals surface area contributed by atoms with E-state index in [0.29, 0.717) is 32.0 Å². The number of amides is 1. The summed E-state index contributed by atoms with van der Waals surface area (Å²) in [7, 11) is 0. The van der Waals surface area contributed by atoms with Gasteiger partial charge in [-0.25, -0.2) is 0 Å². The highest BCUT2D eigenvalue weighted by molar-refractivity contribution is 5.75. The predicted octanol–water partition coefficient (Wildman–Crippen LogP) is -0.174. The summed E-state index contributed by atoms with van der Waals surface area (Å²) in [5.41, 5.74) is 10.7. The average molecular weight is 187 g/mol. The summed E-state index contributed by atoms with van der Waals surface area (Å²) in [4.78, 5) is 11.1. The monoisotopic (exact) mass is 187 g/mol. The van der Waals surface area contributed by atoms with E-state index in [1.807, 2.05) is 6.92 Å². The van der Waals surface area contributed by atoms with Gasteiger partial charge in [0.1, 0.15) is 0 Å². The highest BCUT2D eigenvalue weighted by Crippen LogP contribution is 2.02. The fraction of sp³-hybridized carbons (Fsp3) is 0.889. The Kier molecular flexibility index (Phi) is 7.63. The molecule has 13 heavy (non-hydrogen) atoms. The standard InChI is InChI=1S/C9H21N3O/c1-8(7-11)3-4-9(13)12-6-2-5-10/h8H,2-7,10-11H2,1H3,(H,12,13). The van der Waals surface area contributed by atoms with Gasteiger partial charge in [0.15, 0.2) is 0 Å². The van der Waals surface area contributed by atoms with E-state index in [0.717, 1.165) is 12.8 Å². The highest BCUT2D eigenvalue weighted by Gasteiger charge is 2.03. The Morgan fingerprint density at radius 1 is 1.46 bits per heavy atom. The lowest BCUT2D eigenvalue weighted by Gasteiger charge is -2.07. The Morgan fingerprint density at radius 2 is 2.15 bits per heavy atom. The van der Waals surface area contributed by atoms with Crippen LogP contribution in [0.2, 0.25) is 0 Å². The van der Waals surface area contributed by atoms with Crippen molar-refractivity contribution in [3.63, 3.8) is 0 Å². The topological polar surface area (TPSA) is 81.1 Å². The molecule has 0 radical (unpaired) electrons. The number of carbonyl (C=O) groups is 1. The first-order valence-electron chi connectivity index (χ1n) is 4.87. The first kappa shape index (κ1) is 12.4. The lowest BCUT2D eigenvalue weighted by Crippen LogP contribution is -2.26. The maximum absolute atomic E-state index is 11.1. The van der Waals surface area contributed by atoms with Crippen molar-refractivity contribution in [3.05, 3.63) is 0 Å². The Bertz CT molecular complexity index is 139. The molecule has 1 amide bonds. The van der Waals surface area contributed by atoms with Crippen molar-refractivity contribution in [2.75, 3.05) is 19.6 Å². The van der Waals surface area contributed by atoms with Gasteiger partial charge in [-0.1, -0.05) is 6.92 Å². The molecule has 0 fully saturated rings. The second-order valence-corrected chi connectivity index (χ2v) is 3.37. The van der Waals surface area contributed by atoms with Crippen LogP contribution in [0.3, 0.4) is 0 Å². The number of carbonyl (C=O) groups excluding carboxylic acids is 1. The molecule has 0 rings (SSSR count). The van der Waals surface area contributed by atoms with E-state index in [1.54, 1.807) is 0 Å². The zero-order valence-corrected chi connectivity index (χ0v) is 8.38. The van der Waals surface area contributed by atoms with Crippen LogP contribution in [-0.2, 0) is 4.79 Å². The number of nitrogens with one attached hydrogen (secondary N) is 1. The van der Waals surface area contributed by atoms with Crippen molar-refractivity contribution in [3.8, 4) is 0 Å². The van der Waals surface area contributed by atoms with Crippen molar-refractivity contribution in [2.24, 2.45) is 17.4 Å². The minimum atomic E-state index is 0.105. The molecule has 0 aromatic carbocycles. The van der Waals surface area contributed by atoms with Gasteiger partial charge in [-0.05, 0) is 31.8 Å². The third-order valence-electron chi connectivity index (χ3n) is 1.97. The summed E-state index contributed by atoms with van der Waals surface area (Å²) in [6.07, 6.45) is 2.28. The third kappa shape index (κ3) is 7.74. The molecule has 1 atom stereocenters. The van der Waals surface area contributed by atoms with Crippen molar-refractivity contribution < 1.29 is 4.79 Å². The number of nitrogens with two attached hydrogens (primary N) is 2. The minimum Gasteiger partial charge on any atom is -0.356 e. The van der Waals surface area contributed by atoms with Gasteiger partial charge in [-0.2, -0.15) is 0 Å². The Labute approximate surface area is 80.0 Å². The molecule has 4 heteroatoms. The van der Waals surface area contributed by atoms with Crippen LogP contribution in [0.5, 0.6) is 0 Å². The SMILES string of the molecule is CC(CN)CCC(=O)NCCCN. The lowest BCUT2D eigenvalue weighted by atomic mass is 10.1. The van der Waals surface area contributed by atoms with Crippen molar-refractivity contribution in [1.29, 1.82) is 0 Å². The van der Waals surface area contributed by atoms with Gasteiger partial charge >= 0.3 is 0 Å². The van der Waals surface area contributed by atoms with Gasteiger partial charge in [-0.15, -0.1) is 0 Å². The summed E-state index contributed by atoms with van der Waals surface area (Å²) in [5.74, 6) is 0.536. The maximum atomic E-state index is 11.1. The number of hydrogen-bond acceptors (Lipinski definition) is 3. The van der Waals surface area contributed by atoms with Crippen LogP contribution in [0.25, 0.3) is 0 Å². The average Bonchev–Trinajstić information content (AvgIpc) is 2.14. The van der Waals surface area contributed by atoms with Crippen LogP contribution in [0.15, 0.2) is 0 Å². The van der Waals surface area contributed by atoms with E-state index in [-0.39, 0.29) is 5.91 Å². The molecule has 0 heterocycles. The largest absolute Gasteiger partial charge is 0.356 e. The molecule has 0 saturated carbocycles. The second-order valence-electron chi connectivity index (χ2n) is 3.37. The van der Waals surface area contributed by atoms with Crippen LogP contribution in [-0.4, -0.2) is 25.5 Å². The molecule has 0 aliphatic rings. The fourth-order valence-corrected chi connectivity index (χ4v) is 0.914. The summed E-state index contributed by atoms with van der Waals surface area (Å²) < 4.78 is 0. The molecule has 0 aromatic rings. The Morgan fingerprint density at radius 3 is 2.69 bits per heavy atom. The first-order valence-corrected chi connectivity index (χ1v) is 4.87. The summed E-state index contributed by atoms with van der Waals surface area (Å²) in [6, 6.07) is 0. The molecule has 0 aliphatic carbocycles. The van der Waals surface area contributed by atoms with Gasteiger partial charge in [0.25, 0.3) is 0 Å². The molecule has 0 aromatic heterocycles. The van der Waals surface area contributed by atoms with Crippen molar-refractivity contribution in [2.45, 2.75) is 26.2 Å². The van der Waals surface area contributed by atoms with Crippen LogP contribution in [0.4, 0.5) is 0 Å². The first-order chi connectivity index (χ1) is 6.20. The predicted molar refractivity (Wildman–Crippen MR) is 54.1 cm³/mol. The fourth-order valence-electron chi connectivity index (χ4n) is 0.914. The summed E-state index contributed by atoms with van der Waals surface area (Å²) in [6.45, 7) is 4.01. The van der Waals surface area contributed by atoms with E-state index in [2.05, 4.69) is 5.32 Å². The number of hydrogen-bond donors (Lipinski definition) is 3. The van der Waals surface area contributed by atoms with E-state index in [1.165, 1.54) is 0 Å². The van der Waals surface area contributed by atoms with Crippen LogP contribution in [0.1, 0.15) is 26.2 Å². The van der Waals surface area contributed by atoms with Crippen LogP contribution >= 0.6 is 0 Å². The van der Waals surface area contributed by atoms with Gasteiger partial charge in [0, 0.05) is 13.0 Å². The third-order valence-corrected chi connectivity index (χ3v) is 1.97. The minimum absolute atomic E-state index is 0.105. The zero-order chi connectivity index (χ0) is 10.1.